The molecule has 4 heterocycles. The highest BCUT2D eigenvalue weighted by Gasteiger charge is 2.37. The lowest BCUT2D eigenvalue weighted by Crippen LogP contribution is -2.44. The summed E-state index contributed by atoms with van der Waals surface area (Å²) in [6, 6.07) is 4.04. The Morgan fingerprint density at radius 1 is 1.13 bits per heavy atom. The summed E-state index contributed by atoms with van der Waals surface area (Å²) in [6.07, 6.45) is 6.96. The number of aryl methyl sites for hydroxylation is 2. The Morgan fingerprint density at radius 2 is 1.91 bits per heavy atom. The molecule has 1 unspecified atom stereocenters. The van der Waals surface area contributed by atoms with Gasteiger partial charge in [-0.2, -0.15) is 0 Å². The molecule has 2 aliphatic heterocycles. The minimum absolute atomic E-state index is 0. The molecule has 1 saturated heterocycles. The third kappa shape index (κ3) is 3.27. The van der Waals surface area contributed by atoms with Crippen LogP contribution in [0.3, 0.4) is 0 Å². The van der Waals surface area contributed by atoms with Crippen LogP contribution in [0.4, 0.5) is 5.82 Å². The fraction of sp³-hybridized carbons (Fsp3) is 0.438. The third-order valence-corrected chi connectivity index (χ3v) is 4.60. The molecule has 2 aromatic rings. The van der Waals surface area contributed by atoms with Crippen molar-refractivity contribution in [3.63, 3.8) is 0 Å². The van der Waals surface area contributed by atoms with Gasteiger partial charge in [0.15, 0.2) is 5.82 Å². The van der Waals surface area contributed by atoms with Gasteiger partial charge in [-0.25, -0.2) is 15.0 Å². The Bertz CT molecular complexity index is 672. The standard InChI is InChI=1S/C16H19N5.2ClH/c1-11-13(15-18-6-2-7-19-15)9-12-3-4-16(5-8-17-10-16)21-14(12)20-11;;/h2,6-7,9,17H,3-5,8,10H2,1H3,(H,20,21);2*1H. The van der Waals surface area contributed by atoms with E-state index in [4.69, 9.17) is 4.98 Å². The SMILES string of the molecule is Cc1nc2c(cc1-c1ncccn1)CCC1(CCNC1)N2.Cl.Cl. The number of nitrogens with one attached hydrogen (secondary N) is 2. The average molecular weight is 354 g/mol. The summed E-state index contributed by atoms with van der Waals surface area (Å²) in [5, 5.41) is 7.13. The predicted molar refractivity (Wildman–Crippen MR) is 96.7 cm³/mol. The van der Waals surface area contributed by atoms with Crippen molar-refractivity contribution in [2.24, 2.45) is 0 Å². The Kier molecular flexibility index (Phi) is 5.45. The topological polar surface area (TPSA) is 62.7 Å². The Labute approximate surface area is 148 Å². The number of aromatic nitrogens is 3. The van der Waals surface area contributed by atoms with E-state index >= 15 is 0 Å². The van der Waals surface area contributed by atoms with Crippen molar-refractivity contribution >= 4 is 30.6 Å². The number of pyridine rings is 1. The van der Waals surface area contributed by atoms with Gasteiger partial charge in [0.05, 0.1) is 11.2 Å². The predicted octanol–water partition coefficient (Wildman–Crippen LogP) is 2.78. The maximum Gasteiger partial charge on any atom is 0.160 e. The quantitative estimate of drug-likeness (QED) is 0.825. The molecule has 124 valence electrons. The number of fused-ring (bicyclic) bond motifs is 1. The second-order valence-electron chi connectivity index (χ2n) is 6.03. The van der Waals surface area contributed by atoms with E-state index in [-0.39, 0.29) is 30.4 Å². The van der Waals surface area contributed by atoms with Crippen molar-refractivity contribution in [2.75, 3.05) is 18.4 Å². The summed E-state index contributed by atoms with van der Waals surface area (Å²) in [7, 11) is 0. The number of halogens is 2. The van der Waals surface area contributed by atoms with Crippen molar-refractivity contribution in [2.45, 2.75) is 31.7 Å². The van der Waals surface area contributed by atoms with Gasteiger partial charge in [-0.1, -0.05) is 0 Å². The summed E-state index contributed by atoms with van der Waals surface area (Å²) < 4.78 is 0. The van der Waals surface area contributed by atoms with Crippen LogP contribution in [0.1, 0.15) is 24.1 Å². The molecule has 7 heteroatoms. The van der Waals surface area contributed by atoms with Crippen LogP contribution < -0.4 is 10.6 Å². The Balaban J connectivity index is 0.000000960. The highest BCUT2D eigenvalue weighted by molar-refractivity contribution is 5.85. The number of hydrogen-bond acceptors (Lipinski definition) is 5. The van der Waals surface area contributed by atoms with E-state index in [1.807, 2.05) is 13.0 Å². The highest BCUT2D eigenvalue weighted by atomic mass is 35.5. The van der Waals surface area contributed by atoms with Crippen LogP contribution in [-0.4, -0.2) is 33.6 Å². The van der Waals surface area contributed by atoms with E-state index in [2.05, 4.69) is 26.7 Å². The van der Waals surface area contributed by atoms with E-state index < -0.39 is 0 Å². The van der Waals surface area contributed by atoms with Gasteiger partial charge < -0.3 is 10.6 Å². The maximum atomic E-state index is 4.79. The zero-order valence-corrected chi connectivity index (χ0v) is 14.6. The summed E-state index contributed by atoms with van der Waals surface area (Å²) in [6.45, 7) is 4.16. The van der Waals surface area contributed by atoms with Gasteiger partial charge in [0.25, 0.3) is 0 Å². The normalized spacial score (nSPS) is 21.8. The van der Waals surface area contributed by atoms with Gasteiger partial charge in [-0.05, 0) is 50.4 Å². The summed E-state index contributed by atoms with van der Waals surface area (Å²) in [5.41, 5.74) is 3.50. The fourth-order valence-corrected chi connectivity index (χ4v) is 3.36. The summed E-state index contributed by atoms with van der Waals surface area (Å²) in [5.74, 6) is 1.80. The smallest absolute Gasteiger partial charge is 0.160 e. The molecule has 5 nitrogen and oxygen atoms in total. The molecule has 0 amide bonds. The molecule has 1 spiro atoms. The molecule has 2 aliphatic rings. The molecule has 1 atom stereocenters. The van der Waals surface area contributed by atoms with Crippen molar-refractivity contribution < 1.29 is 0 Å². The first kappa shape index (κ1) is 17.9. The van der Waals surface area contributed by atoms with Crippen molar-refractivity contribution in [3.8, 4) is 11.4 Å². The molecule has 23 heavy (non-hydrogen) atoms. The zero-order valence-electron chi connectivity index (χ0n) is 13.0. The number of hydrogen-bond donors (Lipinski definition) is 2. The van der Waals surface area contributed by atoms with E-state index in [1.165, 1.54) is 12.0 Å². The van der Waals surface area contributed by atoms with Gasteiger partial charge in [-0.3, -0.25) is 0 Å². The lowest BCUT2D eigenvalue weighted by molar-refractivity contribution is 0.454. The van der Waals surface area contributed by atoms with Crippen molar-refractivity contribution in [1.82, 2.24) is 20.3 Å². The molecule has 0 aliphatic carbocycles. The largest absolute Gasteiger partial charge is 0.363 e. The van der Waals surface area contributed by atoms with Crippen LogP contribution in [0, 0.1) is 6.92 Å². The van der Waals surface area contributed by atoms with Gasteiger partial charge in [-0.15, -0.1) is 24.8 Å². The Morgan fingerprint density at radius 3 is 2.61 bits per heavy atom. The highest BCUT2D eigenvalue weighted by Crippen LogP contribution is 2.35. The lowest BCUT2D eigenvalue weighted by Gasteiger charge is -2.35. The number of anilines is 1. The van der Waals surface area contributed by atoms with Crippen molar-refractivity contribution in [3.05, 3.63) is 35.8 Å². The minimum atomic E-state index is 0. The summed E-state index contributed by atoms with van der Waals surface area (Å²) in [4.78, 5) is 13.5. The molecular weight excluding hydrogens is 333 g/mol. The van der Waals surface area contributed by atoms with Crippen LogP contribution in [0.25, 0.3) is 11.4 Å². The van der Waals surface area contributed by atoms with E-state index in [0.717, 1.165) is 48.8 Å². The first-order valence-electron chi connectivity index (χ1n) is 7.53. The molecule has 1 fully saturated rings. The van der Waals surface area contributed by atoms with Crippen LogP contribution in [0.5, 0.6) is 0 Å². The second kappa shape index (κ2) is 6.99. The average Bonchev–Trinajstić information content (AvgIpc) is 2.95. The Hall–Kier alpha value is -1.43. The molecule has 2 aromatic heterocycles. The fourth-order valence-electron chi connectivity index (χ4n) is 3.36. The van der Waals surface area contributed by atoms with Gasteiger partial charge in [0, 0.05) is 24.5 Å². The van der Waals surface area contributed by atoms with E-state index in [0.29, 0.717) is 0 Å². The number of rotatable bonds is 1. The zero-order chi connectivity index (χ0) is 14.3. The van der Waals surface area contributed by atoms with Crippen molar-refractivity contribution in [1.29, 1.82) is 0 Å². The van der Waals surface area contributed by atoms with E-state index in [9.17, 15) is 0 Å². The second-order valence-corrected chi connectivity index (χ2v) is 6.03. The maximum absolute atomic E-state index is 4.79. The first-order valence-corrected chi connectivity index (χ1v) is 7.53. The molecule has 2 N–H and O–H groups in total. The van der Waals surface area contributed by atoms with Gasteiger partial charge in [0.1, 0.15) is 5.82 Å². The monoisotopic (exact) mass is 353 g/mol. The van der Waals surface area contributed by atoms with Crippen LogP contribution in [0.2, 0.25) is 0 Å². The van der Waals surface area contributed by atoms with E-state index in [1.54, 1.807) is 12.4 Å². The molecule has 0 radical (unpaired) electrons. The molecule has 0 aromatic carbocycles. The first-order chi connectivity index (χ1) is 10.3. The molecule has 0 saturated carbocycles. The summed E-state index contributed by atoms with van der Waals surface area (Å²) >= 11 is 0. The molecular formula is C16H21Cl2N5. The number of nitrogens with zero attached hydrogens (tertiary/aromatic N) is 3. The van der Waals surface area contributed by atoms with Crippen LogP contribution in [-0.2, 0) is 6.42 Å². The van der Waals surface area contributed by atoms with Gasteiger partial charge in [0.2, 0.25) is 0 Å². The lowest BCUT2D eigenvalue weighted by atomic mass is 9.86. The minimum Gasteiger partial charge on any atom is -0.363 e. The van der Waals surface area contributed by atoms with Crippen LogP contribution in [0.15, 0.2) is 24.5 Å². The molecule has 0 bridgehead atoms. The third-order valence-electron chi connectivity index (χ3n) is 4.60. The molecule has 4 rings (SSSR count). The van der Waals surface area contributed by atoms with Crippen LogP contribution >= 0.6 is 24.8 Å². The van der Waals surface area contributed by atoms with Gasteiger partial charge >= 0.3 is 0 Å².